The van der Waals surface area contributed by atoms with E-state index in [1.54, 1.807) is 24.3 Å². The van der Waals surface area contributed by atoms with E-state index in [1.165, 1.54) is 0 Å². The van der Waals surface area contributed by atoms with Gasteiger partial charge >= 0.3 is 0 Å². The zero-order valence-electron chi connectivity index (χ0n) is 5.76. The molecule has 3 heteroatoms. The van der Waals surface area contributed by atoms with Crippen molar-refractivity contribution in [1.29, 1.82) is 0 Å². The lowest BCUT2D eigenvalue weighted by molar-refractivity contribution is 0.252. The molecule has 0 atom stereocenters. The molecule has 11 heavy (non-hydrogen) atoms. The lowest BCUT2D eigenvalue weighted by Crippen LogP contribution is -1.83. The highest BCUT2D eigenvalue weighted by molar-refractivity contribution is 7.99. The number of alkyl halides is 2. The van der Waals surface area contributed by atoms with Gasteiger partial charge in [-0.15, -0.1) is 0 Å². The third-order valence-electron chi connectivity index (χ3n) is 1.19. The molecular weight excluding hydrogens is 166 g/mol. The molecule has 0 aliphatic rings. The standard InChI is InChI=1S/C8H7F2S/c1-6-4-2-3-5-7(6)11-8(9)10/h2-5,8H,1H2. The molecule has 1 radical (unpaired) electrons. The van der Waals surface area contributed by atoms with E-state index in [1.807, 2.05) is 0 Å². The van der Waals surface area contributed by atoms with E-state index in [4.69, 9.17) is 0 Å². The Morgan fingerprint density at radius 3 is 2.45 bits per heavy atom. The molecule has 0 saturated heterocycles. The van der Waals surface area contributed by atoms with Crippen LogP contribution in [0.5, 0.6) is 0 Å². The van der Waals surface area contributed by atoms with Gasteiger partial charge in [-0.3, -0.25) is 0 Å². The van der Waals surface area contributed by atoms with Crippen LogP contribution in [0.25, 0.3) is 0 Å². The van der Waals surface area contributed by atoms with Crippen LogP contribution in [0, 0.1) is 6.92 Å². The largest absolute Gasteiger partial charge is 0.288 e. The molecule has 1 aromatic carbocycles. The smallest absolute Gasteiger partial charge is 0.198 e. The van der Waals surface area contributed by atoms with E-state index in [9.17, 15) is 8.78 Å². The van der Waals surface area contributed by atoms with E-state index >= 15 is 0 Å². The molecule has 0 amide bonds. The molecule has 0 N–H and O–H groups in total. The Morgan fingerprint density at radius 2 is 1.91 bits per heavy atom. The fourth-order valence-electron chi connectivity index (χ4n) is 0.715. The highest BCUT2D eigenvalue weighted by Crippen LogP contribution is 2.27. The quantitative estimate of drug-likeness (QED) is 0.619. The van der Waals surface area contributed by atoms with Gasteiger partial charge in [0, 0.05) is 4.90 Å². The molecule has 0 nitrogen and oxygen atoms in total. The Kier molecular flexibility index (Phi) is 2.88. The van der Waals surface area contributed by atoms with Crippen LogP contribution < -0.4 is 0 Å². The number of hydrogen-bond acceptors (Lipinski definition) is 1. The third-order valence-corrected chi connectivity index (χ3v) is 2.02. The summed E-state index contributed by atoms with van der Waals surface area (Å²) in [5, 5.41) is 0. The highest BCUT2D eigenvalue weighted by Gasteiger charge is 2.05. The first kappa shape index (κ1) is 8.53. The Balaban J connectivity index is 2.78. The van der Waals surface area contributed by atoms with Crippen LogP contribution in [-0.2, 0) is 0 Å². The summed E-state index contributed by atoms with van der Waals surface area (Å²) in [4.78, 5) is 0.544. The average molecular weight is 173 g/mol. The molecule has 1 rings (SSSR count). The molecule has 0 fully saturated rings. The zero-order chi connectivity index (χ0) is 8.27. The number of rotatable bonds is 2. The molecule has 0 aliphatic heterocycles. The van der Waals surface area contributed by atoms with Crippen molar-refractivity contribution in [2.75, 3.05) is 0 Å². The van der Waals surface area contributed by atoms with Gasteiger partial charge in [0.1, 0.15) is 0 Å². The van der Waals surface area contributed by atoms with Crippen molar-refractivity contribution in [2.45, 2.75) is 10.7 Å². The molecule has 0 unspecified atom stereocenters. The SMILES string of the molecule is [CH2]c1ccccc1SC(F)F. The van der Waals surface area contributed by atoms with E-state index < -0.39 is 5.76 Å². The first-order chi connectivity index (χ1) is 5.20. The summed E-state index contributed by atoms with van der Waals surface area (Å²) in [6, 6.07) is 6.85. The van der Waals surface area contributed by atoms with E-state index in [0.29, 0.717) is 22.2 Å². The second-order valence-corrected chi connectivity index (χ2v) is 3.02. The summed E-state index contributed by atoms with van der Waals surface area (Å²) in [6.45, 7) is 3.62. The second-order valence-electron chi connectivity index (χ2n) is 1.99. The van der Waals surface area contributed by atoms with Gasteiger partial charge in [-0.05, 0) is 18.6 Å². The van der Waals surface area contributed by atoms with Gasteiger partial charge < -0.3 is 0 Å². The minimum absolute atomic E-state index is 0.529. The summed E-state index contributed by atoms with van der Waals surface area (Å²) >= 11 is 0.529. The second kappa shape index (κ2) is 3.72. The molecule has 0 bridgehead atoms. The van der Waals surface area contributed by atoms with Crippen molar-refractivity contribution in [2.24, 2.45) is 0 Å². The lowest BCUT2D eigenvalue weighted by atomic mass is 10.2. The predicted molar refractivity (Wildman–Crippen MR) is 42.8 cm³/mol. The average Bonchev–Trinajstić information content (AvgIpc) is 1.93. The highest BCUT2D eigenvalue weighted by atomic mass is 32.2. The Hall–Kier alpha value is -0.570. The van der Waals surface area contributed by atoms with Gasteiger partial charge in [0.15, 0.2) is 0 Å². The van der Waals surface area contributed by atoms with E-state index in [2.05, 4.69) is 6.92 Å². The summed E-state index contributed by atoms with van der Waals surface area (Å²) in [6.07, 6.45) is 0. The maximum atomic E-state index is 11.8. The maximum Gasteiger partial charge on any atom is 0.288 e. The Labute approximate surface area is 68.6 Å². The molecule has 1 aromatic rings. The van der Waals surface area contributed by atoms with Gasteiger partial charge in [-0.25, -0.2) is 0 Å². The van der Waals surface area contributed by atoms with Crippen LogP contribution in [0.1, 0.15) is 5.56 Å². The van der Waals surface area contributed by atoms with E-state index in [0.717, 1.165) is 0 Å². The normalized spacial score (nSPS) is 10.5. The van der Waals surface area contributed by atoms with Crippen molar-refractivity contribution >= 4 is 11.8 Å². The van der Waals surface area contributed by atoms with Gasteiger partial charge in [0.25, 0.3) is 5.76 Å². The first-order valence-electron chi connectivity index (χ1n) is 3.06. The summed E-state index contributed by atoms with van der Waals surface area (Å²) in [5.74, 6) is -2.36. The molecule has 0 spiro atoms. The van der Waals surface area contributed by atoms with E-state index in [-0.39, 0.29) is 0 Å². The van der Waals surface area contributed by atoms with Crippen LogP contribution >= 0.6 is 11.8 Å². The number of thioether (sulfide) groups is 1. The van der Waals surface area contributed by atoms with Gasteiger partial charge in [-0.1, -0.05) is 30.0 Å². The van der Waals surface area contributed by atoms with Crippen molar-refractivity contribution in [3.63, 3.8) is 0 Å². The molecule has 0 heterocycles. The summed E-state index contributed by atoms with van der Waals surface area (Å²) in [5.41, 5.74) is 0.651. The van der Waals surface area contributed by atoms with Crippen LogP contribution in [0.3, 0.4) is 0 Å². The van der Waals surface area contributed by atoms with Crippen molar-refractivity contribution in [3.05, 3.63) is 36.8 Å². The monoisotopic (exact) mass is 173 g/mol. The van der Waals surface area contributed by atoms with Crippen LogP contribution in [0.4, 0.5) is 8.78 Å². The molecule has 0 aromatic heterocycles. The minimum Gasteiger partial charge on any atom is -0.198 e. The van der Waals surface area contributed by atoms with Gasteiger partial charge in [0.05, 0.1) is 0 Å². The fraction of sp³-hybridized carbons (Fsp3) is 0.125. The van der Waals surface area contributed by atoms with Crippen LogP contribution in [-0.4, -0.2) is 5.76 Å². The molecule has 0 aliphatic carbocycles. The maximum absolute atomic E-state index is 11.8. The Morgan fingerprint density at radius 1 is 1.27 bits per heavy atom. The Bertz CT molecular complexity index is 235. The fourth-order valence-corrected chi connectivity index (χ4v) is 1.28. The first-order valence-corrected chi connectivity index (χ1v) is 3.94. The minimum atomic E-state index is -2.36. The zero-order valence-corrected chi connectivity index (χ0v) is 6.57. The van der Waals surface area contributed by atoms with Crippen LogP contribution in [0.2, 0.25) is 0 Å². The molecule has 59 valence electrons. The lowest BCUT2D eigenvalue weighted by Gasteiger charge is -2.02. The molecule has 0 saturated carbocycles. The van der Waals surface area contributed by atoms with Gasteiger partial charge in [0.2, 0.25) is 0 Å². The molecular formula is C8H7F2S. The van der Waals surface area contributed by atoms with Crippen molar-refractivity contribution < 1.29 is 8.78 Å². The summed E-state index contributed by atoms with van der Waals surface area (Å²) < 4.78 is 23.7. The predicted octanol–water partition coefficient (Wildman–Crippen LogP) is 3.18. The number of benzene rings is 1. The topological polar surface area (TPSA) is 0 Å². The van der Waals surface area contributed by atoms with Gasteiger partial charge in [-0.2, -0.15) is 8.78 Å². The third kappa shape index (κ3) is 2.50. The number of halogens is 2. The van der Waals surface area contributed by atoms with Crippen LogP contribution in [0.15, 0.2) is 29.2 Å². The number of hydrogen-bond donors (Lipinski definition) is 0. The van der Waals surface area contributed by atoms with Crippen molar-refractivity contribution in [1.82, 2.24) is 0 Å². The summed E-state index contributed by atoms with van der Waals surface area (Å²) in [7, 11) is 0. The van der Waals surface area contributed by atoms with Crippen molar-refractivity contribution in [3.8, 4) is 0 Å².